The summed E-state index contributed by atoms with van der Waals surface area (Å²) in [6.07, 6.45) is 1.77. The summed E-state index contributed by atoms with van der Waals surface area (Å²) in [5, 5.41) is 11.9. The Balaban J connectivity index is 1.40. The zero-order valence-corrected chi connectivity index (χ0v) is 17.5. The molecule has 8 heteroatoms. The average molecular weight is 409 g/mol. The molecule has 1 aromatic carbocycles. The van der Waals surface area contributed by atoms with Crippen LogP contribution in [0.5, 0.6) is 5.75 Å². The van der Waals surface area contributed by atoms with Crippen molar-refractivity contribution in [2.24, 2.45) is 0 Å². The van der Waals surface area contributed by atoms with Gasteiger partial charge in [0.2, 0.25) is 5.89 Å². The van der Waals surface area contributed by atoms with Gasteiger partial charge in [-0.3, -0.25) is 4.90 Å². The summed E-state index contributed by atoms with van der Waals surface area (Å²) in [4.78, 5) is 9.45. The topological polar surface area (TPSA) is 79.5 Å². The molecule has 4 rings (SSSR count). The molecule has 0 spiro atoms. The normalized spacial score (nSPS) is 15.3. The lowest BCUT2D eigenvalue weighted by atomic mass is 10.2. The van der Waals surface area contributed by atoms with Crippen LogP contribution in [0.15, 0.2) is 47.0 Å². The molecule has 30 heavy (non-hydrogen) atoms. The zero-order chi connectivity index (χ0) is 20.8. The van der Waals surface area contributed by atoms with E-state index in [4.69, 9.17) is 9.15 Å². The van der Waals surface area contributed by atoms with Gasteiger partial charge in [-0.1, -0.05) is 6.92 Å². The van der Waals surface area contributed by atoms with Crippen LogP contribution in [0.4, 0.5) is 5.82 Å². The standard InChI is InChI=1S/C22H28N6O2/c1-3-27-13-15-28(16-14-27)12-11-24-20-19(5-4-10-23-20)22-26-25-21(30-22)17-6-8-18(29-2)9-7-17/h4-10H,3,11-16H2,1-2H3,(H,23,24). The molecule has 0 atom stereocenters. The maximum absolute atomic E-state index is 5.93. The molecule has 0 radical (unpaired) electrons. The number of nitrogens with zero attached hydrogens (tertiary/aromatic N) is 5. The number of piperazine rings is 1. The zero-order valence-electron chi connectivity index (χ0n) is 17.5. The van der Waals surface area contributed by atoms with Crippen molar-refractivity contribution in [3.8, 4) is 28.7 Å². The maximum Gasteiger partial charge on any atom is 0.251 e. The summed E-state index contributed by atoms with van der Waals surface area (Å²) in [6, 6.07) is 11.4. The van der Waals surface area contributed by atoms with E-state index in [1.165, 1.54) is 0 Å². The number of ether oxygens (including phenoxy) is 1. The van der Waals surface area contributed by atoms with Crippen LogP contribution in [0.25, 0.3) is 22.9 Å². The fourth-order valence-corrected chi connectivity index (χ4v) is 3.56. The first-order valence-corrected chi connectivity index (χ1v) is 10.4. The number of pyridine rings is 1. The monoisotopic (exact) mass is 408 g/mol. The highest BCUT2D eigenvalue weighted by atomic mass is 16.5. The Morgan fingerprint density at radius 3 is 2.47 bits per heavy atom. The van der Waals surface area contributed by atoms with E-state index in [0.717, 1.165) is 68.5 Å². The van der Waals surface area contributed by atoms with Gasteiger partial charge in [0.15, 0.2) is 0 Å². The number of rotatable bonds is 8. The summed E-state index contributed by atoms with van der Waals surface area (Å²) < 4.78 is 11.1. The van der Waals surface area contributed by atoms with E-state index in [9.17, 15) is 0 Å². The van der Waals surface area contributed by atoms with Gasteiger partial charge in [0, 0.05) is 51.0 Å². The molecule has 158 valence electrons. The van der Waals surface area contributed by atoms with Crippen LogP contribution in [0.1, 0.15) is 6.92 Å². The molecule has 8 nitrogen and oxygen atoms in total. The largest absolute Gasteiger partial charge is 0.497 e. The number of hydrogen-bond acceptors (Lipinski definition) is 8. The average Bonchev–Trinajstić information content (AvgIpc) is 3.30. The summed E-state index contributed by atoms with van der Waals surface area (Å²) in [5.41, 5.74) is 1.65. The molecule has 1 aliphatic heterocycles. The SMILES string of the molecule is CCN1CCN(CCNc2ncccc2-c2nnc(-c3ccc(OC)cc3)o2)CC1. The van der Waals surface area contributed by atoms with Crippen LogP contribution in [-0.2, 0) is 0 Å². The third kappa shape index (κ3) is 4.77. The van der Waals surface area contributed by atoms with E-state index in [1.54, 1.807) is 13.3 Å². The van der Waals surface area contributed by atoms with Gasteiger partial charge in [-0.2, -0.15) is 0 Å². The molecule has 1 aliphatic rings. The molecule has 1 saturated heterocycles. The van der Waals surface area contributed by atoms with Crippen LogP contribution in [0.3, 0.4) is 0 Å². The molecular weight excluding hydrogens is 380 g/mol. The van der Waals surface area contributed by atoms with Crippen molar-refractivity contribution in [1.82, 2.24) is 25.0 Å². The lowest BCUT2D eigenvalue weighted by Gasteiger charge is -2.34. The van der Waals surface area contributed by atoms with Crippen LogP contribution in [0.2, 0.25) is 0 Å². The van der Waals surface area contributed by atoms with Crippen molar-refractivity contribution < 1.29 is 9.15 Å². The van der Waals surface area contributed by atoms with Crippen LogP contribution < -0.4 is 10.1 Å². The highest BCUT2D eigenvalue weighted by molar-refractivity contribution is 5.69. The van der Waals surface area contributed by atoms with Crippen molar-refractivity contribution in [1.29, 1.82) is 0 Å². The van der Waals surface area contributed by atoms with Gasteiger partial charge < -0.3 is 19.4 Å². The summed E-state index contributed by atoms with van der Waals surface area (Å²) >= 11 is 0. The molecule has 0 amide bonds. The smallest absolute Gasteiger partial charge is 0.251 e. The quantitative estimate of drug-likeness (QED) is 0.610. The van der Waals surface area contributed by atoms with E-state index in [0.29, 0.717) is 11.8 Å². The predicted octanol–water partition coefficient (Wildman–Crippen LogP) is 2.86. The molecule has 3 aromatic rings. The highest BCUT2D eigenvalue weighted by Gasteiger charge is 2.17. The van der Waals surface area contributed by atoms with Gasteiger partial charge in [-0.15, -0.1) is 10.2 Å². The lowest BCUT2D eigenvalue weighted by Crippen LogP contribution is -2.47. The van der Waals surface area contributed by atoms with Crippen molar-refractivity contribution >= 4 is 5.82 Å². The molecule has 0 unspecified atom stereocenters. The Morgan fingerprint density at radius 1 is 1.00 bits per heavy atom. The lowest BCUT2D eigenvalue weighted by molar-refractivity contribution is 0.141. The minimum Gasteiger partial charge on any atom is -0.497 e. The third-order valence-electron chi connectivity index (χ3n) is 5.43. The van der Waals surface area contributed by atoms with Crippen molar-refractivity contribution in [3.63, 3.8) is 0 Å². The van der Waals surface area contributed by atoms with E-state index in [1.807, 2.05) is 36.4 Å². The molecule has 0 saturated carbocycles. The Kier molecular flexibility index (Phi) is 6.56. The molecular formula is C22H28N6O2. The fraction of sp³-hybridized carbons (Fsp3) is 0.409. The second-order valence-electron chi connectivity index (χ2n) is 7.24. The van der Waals surface area contributed by atoms with E-state index >= 15 is 0 Å². The van der Waals surface area contributed by atoms with Gasteiger partial charge >= 0.3 is 0 Å². The van der Waals surface area contributed by atoms with Crippen LogP contribution in [-0.4, -0.2) is 77.9 Å². The molecule has 1 fully saturated rings. The van der Waals surface area contributed by atoms with Gasteiger partial charge in [0.1, 0.15) is 11.6 Å². The number of aromatic nitrogens is 3. The number of likely N-dealkylation sites (N-methyl/N-ethyl adjacent to an activating group) is 1. The molecule has 0 bridgehead atoms. The van der Waals surface area contributed by atoms with Crippen molar-refractivity contribution in [2.45, 2.75) is 6.92 Å². The number of anilines is 1. The Labute approximate surface area is 176 Å². The Bertz CT molecular complexity index is 935. The highest BCUT2D eigenvalue weighted by Crippen LogP contribution is 2.28. The van der Waals surface area contributed by atoms with Gasteiger partial charge in [0.25, 0.3) is 5.89 Å². The van der Waals surface area contributed by atoms with E-state index < -0.39 is 0 Å². The maximum atomic E-state index is 5.93. The molecule has 3 heterocycles. The minimum atomic E-state index is 0.452. The summed E-state index contributed by atoms with van der Waals surface area (Å²) in [6.45, 7) is 9.65. The fourth-order valence-electron chi connectivity index (χ4n) is 3.56. The van der Waals surface area contributed by atoms with Crippen LogP contribution in [0, 0.1) is 0 Å². The van der Waals surface area contributed by atoms with E-state index in [-0.39, 0.29) is 0 Å². The second kappa shape index (κ2) is 9.69. The second-order valence-corrected chi connectivity index (χ2v) is 7.24. The van der Waals surface area contributed by atoms with Gasteiger partial charge in [-0.25, -0.2) is 4.98 Å². The first kappa shape index (κ1) is 20.3. The first-order chi connectivity index (χ1) is 14.8. The molecule has 2 aromatic heterocycles. The summed E-state index contributed by atoms with van der Waals surface area (Å²) in [7, 11) is 1.64. The predicted molar refractivity (Wildman–Crippen MR) is 117 cm³/mol. The summed E-state index contributed by atoms with van der Waals surface area (Å²) in [5.74, 6) is 2.46. The third-order valence-corrected chi connectivity index (χ3v) is 5.43. The van der Waals surface area contributed by atoms with Gasteiger partial charge in [-0.05, 0) is 42.9 Å². The van der Waals surface area contributed by atoms with E-state index in [2.05, 4.69) is 37.2 Å². The first-order valence-electron chi connectivity index (χ1n) is 10.4. The number of hydrogen-bond donors (Lipinski definition) is 1. The Hall–Kier alpha value is -2.97. The number of benzene rings is 1. The van der Waals surface area contributed by atoms with Gasteiger partial charge in [0.05, 0.1) is 12.7 Å². The van der Waals surface area contributed by atoms with Crippen molar-refractivity contribution in [2.75, 3.05) is 58.2 Å². The molecule has 0 aliphatic carbocycles. The minimum absolute atomic E-state index is 0.452. The van der Waals surface area contributed by atoms with Crippen molar-refractivity contribution in [3.05, 3.63) is 42.6 Å². The molecule has 1 N–H and O–H groups in total. The number of methoxy groups -OCH3 is 1. The number of nitrogens with one attached hydrogen (secondary N) is 1. The van der Waals surface area contributed by atoms with Crippen LogP contribution >= 0.6 is 0 Å². The Morgan fingerprint density at radius 2 is 1.73 bits per heavy atom.